The summed E-state index contributed by atoms with van der Waals surface area (Å²) in [5.74, 6) is -0.620. The van der Waals surface area contributed by atoms with Crippen molar-refractivity contribution in [2.75, 3.05) is 7.11 Å². The Morgan fingerprint density at radius 1 is 1.43 bits per heavy atom. The van der Waals surface area contributed by atoms with Crippen LogP contribution in [0.15, 0.2) is 12.2 Å². The topological polar surface area (TPSA) is 46.5 Å². The van der Waals surface area contributed by atoms with Crippen LogP contribution in [-0.4, -0.2) is 24.3 Å². The van der Waals surface area contributed by atoms with E-state index in [0.717, 1.165) is 12.8 Å². The van der Waals surface area contributed by atoms with Crippen LogP contribution in [0.4, 0.5) is 0 Å². The molecule has 0 fully saturated rings. The number of carbonyl (C=O) groups is 1. The second-order valence-electron chi connectivity index (χ2n) is 3.39. The van der Waals surface area contributed by atoms with Gasteiger partial charge in [-0.05, 0) is 18.4 Å². The van der Waals surface area contributed by atoms with Gasteiger partial charge in [-0.25, -0.2) is 4.79 Å². The van der Waals surface area contributed by atoms with Crippen molar-refractivity contribution in [1.82, 2.24) is 0 Å². The van der Waals surface area contributed by atoms with E-state index in [2.05, 4.69) is 18.2 Å². The van der Waals surface area contributed by atoms with E-state index in [4.69, 9.17) is 0 Å². The van der Waals surface area contributed by atoms with E-state index in [1.165, 1.54) is 20.0 Å². The van der Waals surface area contributed by atoms with Crippen molar-refractivity contribution in [2.45, 2.75) is 45.1 Å². The number of rotatable bonds is 7. The lowest BCUT2D eigenvalue weighted by atomic mass is 10.0. The van der Waals surface area contributed by atoms with Gasteiger partial charge in [-0.1, -0.05) is 32.8 Å². The van der Waals surface area contributed by atoms with Gasteiger partial charge in [0.05, 0.1) is 7.11 Å². The molecule has 0 amide bonds. The van der Waals surface area contributed by atoms with Gasteiger partial charge < -0.3 is 9.84 Å². The molecule has 14 heavy (non-hydrogen) atoms. The summed E-state index contributed by atoms with van der Waals surface area (Å²) in [7, 11) is 1.26. The molecule has 1 N–H and O–H groups in total. The zero-order chi connectivity index (χ0) is 11.0. The van der Waals surface area contributed by atoms with Crippen molar-refractivity contribution in [3.8, 4) is 0 Å². The fourth-order valence-electron chi connectivity index (χ4n) is 1.19. The molecule has 0 rings (SSSR count). The summed E-state index contributed by atoms with van der Waals surface area (Å²) in [6.07, 6.45) is 3.98. The molecule has 0 saturated carbocycles. The Labute approximate surface area is 85.8 Å². The lowest BCUT2D eigenvalue weighted by molar-refractivity contribution is -0.148. The second kappa shape index (κ2) is 7.56. The number of unbranched alkanes of at least 4 members (excludes halogenated alkanes) is 3. The van der Waals surface area contributed by atoms with Crippen LogP contribution in [0.5, 0.6) is 0 Å². The molecule has 1 atom stereocenters. The summed E-state index contributed by atoms with van der Waals surface area (Å²) in [6, 6.07) is 0. The zero-order valence-electron chi connectivity index (χ0n) is 9.08. The SMILES string of the molecule is C=C(CCCCCC)C(O)C(=O)OC. The highest BCUT2D eigenvalue weighted by Gasteiger charge is 2.17. The molecule has 0 bridgehead atoms. The van der Waals surface area contributed by atoms with Crippen molar-refractivity contribution in [1.29, 1.82) is 0 Å². The van der Waals surface area contributed by atoms with Crippen molar-refractivity contribution in [3.63, 3.8) is 0 Å². The minimum atomic E-state index is -1.15. The van der Waals surface area contributed by atoms with Crippen LogP contribution in [0.2, 0.25) is 0 Å². The number of hydrogen-bond acceptors (Lipinski definition) is 3. The molecule has 0 radical (unpaired) electrons. The number of methoxy groups -OCH3 is 1. The highest BCUT2D eigenvalue weighted by Crippen LogP contribution is 2.12. The van der Waals surface area contributed by atoms with Gasteiger partial charge in [-0.2, -0.15) is 0 Å². The molecule has 3 heteroatoms. The molecular weight excluding hydrogens is 180 g/mol. The molecule has 3 nitrogen and oxygen atoms in total. The van der Waals surface area contributed by atoms with E-state index >= 15 is 0 Å². The number of ether oxygens (including phenoxy) is 1. The van der Waals surface area contributed by atoms with Gasteiger partial charge in [0.2, 0.25) is 0 Å². The molecule has 0 aromatic carbocycles. The highest BCUT2D eigenvalue weighted by molar-refractivity contribution is 5.77. The van der Waals surface area contributed by atoms with Crippen molar-refractivity contribution in [3.05, 3.63) is 12.2 Å². The predicted molar refractivity (Wildman–Crippen MR) is 55.9 cm³/mol. The molecule has 0 spiro atoms. The smallest absolute Gasteiger partial charge is 0.339 e. The number of hydrogen-bond donors (Lipinski definition) is 1. The summed E-state index contributed by atoms with van der Waals surface area (Å²) in [5.41, 5.74) is 0.549. The fraction of sp³-hybridized carbons (Fsp3) is 0.727. The Morgan fingerprint density at radius 2 is 2.07 bits per heavy atom. The molecular formula is C11H20O3. The number of aliphatic hydroxyl groups is 1. The first-order valence-corrected chi connectivity index (χ1v) is 5.07. The van der Waals surface area contributed by atoms with E-state index in [1.807, 2.05) is 0 Å². The monoisotopic (exact) mass is 200 g/mol. The van der Waals surface area contributed by atoms with Crippen LogP contribution in [0.3, 0.4) is 0 Å². The predicted octanol–water partition coefficient (Wildman–Crippen LogP) is 2.05. The lowest BCUT2D eigenvalue weighted by Gasteiger charge is -2.10. The molecule has 0 saturated heterocycles. The van der Waals surface area contributed by atoms with Gasteiger partial charge in [0, 0.05) is 0 Å². The number of carbonyl (C=O) groups excluding carboxylic acids is 1. The van der Waals surface area contributed by atoms with E-state index in [0.29, 0.717) is 12.0 Å². The average molecular weight is 200 g/mol. The van der Waals surface area contributed by atoms with Crippen LogP contribution >= 0.6 is 0 Å². The van der Waals surface area contributed by atoms with Crippen LogP contribution in [0, 0.1) is 0 Å². The van der Waals surface area contributed by atoms with E-state index in [9.17, 15) is 9.90 Å². The van der Waals surface area contributed by atoms with Gasteiger partial charge in [0.25, 0.3) is 0 Å². The first-order chi connectivity index (χ1) is 6.63. The van der Waals surface area contributed by atoms with Crippen LogP contribution < -0.4 is 0 Å². The van der Waals surface area contributed by atoms with Crippen LogP contribution in [0.25, 0.3) is 0 Å². The molecule has 0 aliphatic heterocycles. The summed E-state index contributed by atoms with van der Waals surface area (Å²) < 4.78 is 4.41. The first kappa shape index (κ1) is 13.2. The molecule has 0 aromatic heterocycles. The quantitative estimate of drug-likeness (QED) is 0.388. The van der Waals surface area contributed by atoms with Crippen LogP contribution in [-0.2, 0) is 9.53 Å². The summed E-state index contributed by atoms with van der Waals surface area (Å²) >= 11 is 0. The Morgan fingerprint density at radius 3 is 2.57 bits per heavy atom. The third-order valence-corrected chi connectivity index (χ3v) is 2.16. The maximum atomic E-state index is 10.9. The average Bonchev–Trinajstić information content (AvgIpc) is 2.21. The standard InChI is InChI=1S/C11H20O3/c1-4-5-6-7-8-9(2)10(12)11(13)14-3/h10,12H,2,4-8H2,1,3H3. The maximum Gasteiger partial charge on any atom is 0.339 e. The Bertz CT molecular complexity index is 187. The van der Waals surface area contributed by atoms with Gasteiger partial charge in [0.1, 0.15) is 0 Å². The van der Waals surface area contributed by atoms with Gasteiger partial charge in [-0.15, -0.1) is 0 Å². The number of aliphatic hydroxyl groups excluding tert-OH is 1. The molecule has 82 valence electrons. The Balaban J connectivity index is 3.68. The largest absolute Gasteiger partial charge is 0.467 e. The fourth-order valence-corrected chi connectivity index (χ4v) is 1.19. The zero-order valence-corrected chi connectivity index (χ0v) is 9.08. The molecule has 1 unspecified atom stereocenters. The minimum Gasteiger partial charge on any atom is -0.467 e. The van der Waals surface area contributed by atoms with Gasteiger partial charge in [-0.3, -0.25) is 0 Å². The van der Waals surface area contributed by atoms with Crippen molar-refractivity contribution >= 4 is 5.97 Å². The van der Waals surface area contributed by atoms with Crippen LogP contribution in [0.1, 0.15) is 39.0 Å². The highest BCUT2D eigenvalue weighted by atomic mass is 16.5. The van der Waals surface area contributed by atoms with E-state index in [1.54, 1.807) is 0 Å². The molecule has 0 aromatic rings. The third-order valence-electron chi connectivity index (χ3n) is 2.16. The molecule has 0 heterocycles. The van der Waals surface area contributed by atoms with E-state index in [-0.39, 0.29) is 0 Å². The lowest BCUT2D eigenvalue weighted by Crippen LogP contribution is -2.23. The molecule has 0 aliphatic carbocycles. The Kier molecular flexibility index (Phi) is 7.11. The third kappa shape index (κ3) is 5.02. The maximum absolute atomic E-state index is 10.9. The summed E-state index contributed by atoms with van der Waals surface area (Å²) in [5, 5.41) is 9.37. The summed E-state index contributed by atoms with van der Waals surface area (Å²) in [4.78, 5) is 10.9. The normalized spacial score (nSPS) is 12.2. The van der Waals surface area contributed by atoms with E-state index < -0.39 is 12.1 Å². The summed E-state index contributed by atoms with van der Waals surface area (Å²) in [6.45, 7) is 5.81. The van der Waals surface area contributed by atoms with Gasteiger partial charge in [0.15, 0.2) is 6.10 Å². The second-order valence-corrected chi connectivity index (χ2v) is 3.39. The molecule has 0 aliphatic rings. The minimum absolute atomic E-state index is 0.549. The van der Waals surface area contributed by atoms with Gasteiger partial charge >= 0.3 is 5.97 Å². The number of esters is 1. The van der Waals surface area contributed by atoms with Crippen molar-refractivity contribution < 1.29 is 14.6 Å². The van der Waals surface area contributed by atoms with Crippen molar-refractivity contribution in [2.24, 2.45) is 0 Å². The Hall–Kier alpha value is -0.830. The first-order valence-electron chi connectivity index (χ1n) is 5.07.